The van der Waals surface area contributed by atoms with E-state index in [1.54, 1.807) is 13.2 Å². The Labute approximate surface area is 128 Å². The molecule has 3 N–H and O–H groups in total. The molecule has 0 aliphatic heterocycles. The summed E-state index contributed by atoms with van der Waals surface area (Å²) in [6, 6.07) is 3.12. The van der Waals surface area contributed by atoms with E-state index in [-0.39, 0.29) is 0 Å². The van der Waals surface area contributed by atoms with Gasteiger partial charge in [0.15, 0.2) is 5.96 Å². The SMILES string of the molecule is CN=C(NCCCN(C(C)C)C(C)C)NCc1ccn[nH]1. The Hall–Kier alpha value is -1.56. The lowest BCUT2D eigenvalue weighted by atomic mass is 10.2. The number of rotatable bonds is 8. The summed E-state index contributed by atoms with van der Waals surface area (Å²) in [7, 11) is 1.79. The van der Waals surface area contributed by atoms with Gasteiger partial charge in [0.05, 0.1) is 12.2 Å². The Kier molecular flexibility index (Phi) is 7.82. The zero-order valence-electron chi connectivity index (χ0n) is 14.0. The van der Waals surface area contributed by atoms with Gasteiger partial charge in [-0.25, -0.2) is 0 Å². The van der Waals surface area contributed by atoms with Crippen molar-refractivity contribution in [3.8, 4) is 0 Å². The minimum atomic E-state index is 0.586. The topological polar surface area (TPSA) is 68.3 Å². The Morgan fingerprint density at radius 1 is 1.29 bits per heavy atom. The highest BCUT2D eigenvalue weighted by Gasteiger charge is 2.12. The van der Waals surface area contributed by atoms with Crippen molar-refractivity contribution in [1.82, 2.24) is 25.7 Å². The number of nitrogens with zero attached hydrogens (tertiary/aromatic N) is 3. The van der Waals surface area contributed by atoms with Gasteiger partial charge in [-0.05, 0) is 40.2 Å². The molecule has 21 heavy (non-hydrogen) atoms. The van der Waals surface area contributed by atoms with E-state index in [9.17, 15) is 0 Å². The summed E-state index contributed by atoms with van der Waals surface area (Å²) in [5.74, 6) is 0.824. The van der Waals surface area contributed by atoms with Gasteiger partial charge in [0.1, 0.15) is 0 Å². The second-order valence-corrected chi connectivity index (χ2v) is 5.71. The summed E-state index contributed by atoms with van der Waals surface area (Å²) in [6.07, 6.45) is 2.85. The predicted octanol–water partition coefficient (Wildman–Crippen LogP) is 1.58. The van der Waals surface area contributed by atoms with E-state index in [1.165, 1.54) is 0 Å². The van der Waals surface area contributed by atoms with E-state index >= 15 is 0 Å². The molecule has 0 bridgehead atoms. The molecule has 0 amide bonds. The first kappa shape index (κ1) is 17.5. The van der Waals surface area contributed by atoms with E-state index in [0.717, 1.165) is 31.2 Å². The summed E-state index contributed by atoms with van der Waals surface area (Å²) in [5, 5.41) is 13.4. The summed E-state index contributed by atoms with van der Waals surface area (Å²) < 4.78 is 0. The highest BCUT2D eigenvalue weighted by molar-refractivity contribution is 5.79. The molecule has 0 fully saturated rings. The van der Waals surface area contributed by atoms with E-state index in [0.29, 0.717) is 18.6 Å². The third-order valence-corrected chi connectivity index (χ3v) is 3.44. The van der Waals surface area contributed by atoms with Crippen molar-refractivity contribution in [3.63, 3.8) is 0 Å². The van der Waals surface area contributed by atoms with Crippen LogP contribution < -0.4 is 10.6 Å². The molecule has 0 unspecified atom stereocenters. The average molecular weight is 294 g/mol. The summed E-state index contributed by atoms with van der Waals surface area (Å²) in [6.45, 7) is 11.7. The largest absolute Gasteiger partial charge is 0.356 e. The lowest BCUT2D eigenvalue weighted by Crippen LogP contribution is -2.41. The number of aromatic amines is 1. The highest BCUT2D eigenvalue weighted by Crippen LogP contribution is 2.05. The van der Waals surface area contributed by atoms with Crippen LogP contribution in [0.2, 0.25) is 0 Å². The molecule has 0 aliphatic carbocycles. The maximum atomic E-state index is 4.22. The van der Waals surface area contributed by atoms with Crippen molar-refractivity contribution in [3.05, 3.63) is 18.0 Å². The van der Waals surface area contributed by atoms with E-state index in [2.05, 4.69) is 58.4 Å². The van der Waals surface area contributed by atoms with Crippen molar-refractivity contribution in [2.24, 2.45) is 4.99 Å². The van der Waals surface area contributed by atoms with E-state index < -0.39 is 0 Å². The zero-order chi connectivity index (χ0) is 15.7. The normalized spacial score (nSPS) is 12.5. The fourth-order valence-corrected chi connectivity index (χ4v) is 2.36. The molecule has 120 valence electrons. The number of aromatic nitrogens is 2. The number of H-pyrrole nitrogens is 1. The molecule has 0 spiro atoms. The van der Waals surface area contributed by atoms with Crippen LogP contribution in [0, 0.1) is 0 Å². The fraction of sp³-hybridized carbons (Fsp3) is 0.733. The van der Waals surface area contributed by atoms with Crippen molar-refractivity contribution in [2.45, 2.75) is 52.7 Å². The minimum absolute atomic E-state index is 0.586. The molecule has 0 atom stereocenters. The van der Waals surface area contributed by atoms with Crippen LogP contribution in [0.15, 0.2) is 17.3 Å². The highest BCUT2D eigenvalue weighted by atomic mass is 15.2. The second-order valence-electron chi connectivity index (χ2n) is 5.71. The van der Waals surface area contributed by atoms with Crippen molar-refractivity contribution >= 4 is 5.96 Å². The van der Waals surface area contributed by atoms with Crippen LogP contribution in [-0.4, -0.2) is 53.3 Å². The number of guanidine groups is 1. The van der Waals surface area contributed by atoms with Gasteiger partial charge in [-0.1, -0.05) is 0 Å². The summed E-state index contributed by atoms with van der Waals surface area (Å²) in [4.78, 5) is 6.72. The Morgan fingerprint density at radius 3 is 2.52 bits per heavy atom. The monoisotopic (exact) mass is 294 g/mol. The van der Waals surface area contributed by atoms with Gasteiger partial charge in [-0.3, -0.25) is 15.0 Å². The smallest absolute Gasteiger partial charge is 0.191 e. The molecule has 6 heteroatoms. The molecule has 0 saturated carbocycles. The Balaban J connectivity index is 2.23. The van der Waals surface area contributed by atoms with Crippen LogP contribution in [-0.2, 0) is 6.54 Å². The Bertz CT molecular complexity index is 388. The first-order valence-corrected chi connectivity index (χ1v) is 7.73. The number of hydrogen-bond acceptors (Lipinski definition) is 3. The van der Waals surface area contributed by atoms with E-state index in [4.69, 9.17) is 0 Å². The van der Waals surface area contributed by atoms with Gasteiger partial charge < -0.3 is 10.6 Å². The van der Waals surface area contributed by atoms with Gasteiger partial charge in [0.25, 0.3) is 0 Å². The number of aliphatic imine (C=N–C) groups is 1. The zero-order valence-corrected chi connectivity index (χ0v) is 14.0. The molecule has 0 aliphatic rings. The van der Waals surface area contributed by atoms with Crippen LogP contribution in [0.4, 0.5) is 0 Å². The van der Waals surface area contributed by atoms with Crippen LogP contribution in [0.5, 0.6) is 0 Å². The van der Waals surface area contributed by atoms with Crippen LogP contribution >= 0.6 is 0 Å². The molecule has 1 rings (SSSR count). The van der Waals surface area contributed by atoms with Crippen LogP contribution in [0.25, 0.3) is 0 Å². The summed E-state index contributed by atoms with van der Waals surface area (Å²) >= 11 is 0. The van der Waals surface area contributed by atoms with Gasteiger partial charge in [0, 0.05) is 38.4 Å². The molecule has 0 radical (unpaired) electrons. The van der Waals surface area contributed by atoms with Gasteiger partial charge in [0.2, 0.25) is 0 Å². The third kappa shape index (κ3) is 6.62. The minimum Gasteiger partial charge on any atom is -0.356 e. The maximum absolute atomic E-state index is 4.22. The predicted molar refractivity (Wildman–Crippen MR) is 88.4 cm³/mol. The molecular formula is C15H30N6. The molecule has 1 aromatic heterocycles. The lowest BCUT2D eigenvalue weighted by molar-refractivity contribution is 0.173. The Morgan fingerprint density at radius 2 is 2.00 bits per heavy atom. The summed E-state index contributed by atoms with van der Waals surface area (Å²) in [5.41, 5.74) is 1.05. The molecule has 0 aromatic carbocycles. The van der Waals surface area contributed by atoms with Crippen LogP contribution in [0.3, 0.4) is 0 Å². The molecule has 0 saturated heterocycles. The quantitative estimate of drug-likeness (QED) is 0.387. The van der Waals surface area contributed by atoms with Gasteiger partial charge in [-0.2, -0.15) is 5.10 Å². The van der Waals surface area contributed by atoms with Crippen molar-refractivity contribution < 1.29 is 0 Å². The van der Waals surface area contributed by atoms with Gasteiger partial charge >= 0.3 is 0 Å². The second kappa shape index (κ2) is 9.39. The number of nitrogens with one attached hydrogen (secondary N) is 3. The molecule has 1 aromatic rings. The van der Waals surface area contributed by atoms with E-state index in [1.807, 2.05) is 6.07 Å². The lowest BCUT2D eigenvalue weighted by Gasteiger charge is -2.30. The number of hydrogen-bond donors (Lipinski definition) is 3. The first-order chi connectivity index (χ1) is 10.0. The van der Waals surface area contributed by atoms with Crippen LogP contribution in [0.1, 0.15) is 39.8 Å². The van der Waals surface area contributed by atoms with Gasteiger partial charge in [-0.15, -0.1) is 0 Å². The molecule has 1 heterocycles. The fourth-order valence-electron chi connectivity index (χ4n) is 2.36. The standard InChI is InChI=1S/C15H30N6/c1-12(2)21(13(3)4)10-6-8-17-15(16-5)18-11-14-7-9-19-20-14/h7,9,12-13H,6,8,10-11H2,1-5H3,(H,19,20)(H2,16,17,18). The average Bonchev–Trinajstić information content (AvgIpc) is 2.94. The third-order valence-electron chi connectivity index (χ3n) is 3.44. The maximum Gasteiger partial charge on any atom is 0.191 e. The van der Waals surface area contributed by atoms with Crippen molar-refractivity contribution in [1.29, 1.82) is 0 Å². The molecule has 6 nitrogen and oxygen atoms in total. The molecular weight excluding hydrogens is 264 g/mol. The van der Waals surface area contributed by atoms with Crippen molar-refractivity contribution in [2.75, 3.05) is 20.1 Å². The first-order valence-electron chi connectivity index (χ1n) is 7.73.